The Morgan fingerprint density at radius 3 is 1.88 bits per heavy atom. The van der Waals surface area contributed by atoms with E-state index in [1.807, 2.05) is 6.08 Å². The van der Waals surface area contributed by atoms with E-state index in [1.165, 1.54) is 12.2 Å². The first-order chi connectivity index (χ1) is 15.9. The fourth-order valence-electron chi connectivity index (χ4n) is 7.66. The highest BCUT2D eigenvalue weighted by Crippen LogP contribution is 2.78. The lowest BCUT2D eigenvalue weighted by molar-refractivity contribution is -0.105. The van der Waals surface area contributed by atoms with Crippen LogP contribution in [-0.4, -0.2) is 29.4 Å². The van der Waals surface area contributed by atoms with Crippen molar-refractivity contribution in [3.63, 3.8) is 0 Å². The molecule has 0 radical (unpaired) electrons. The van der Waals surface area contributed by atoms with Crippen LogP contribution in [0.1, 0.15) is 83.7 Å². The van der Waals surface area contributed by atoms with Crippen molar-refractivity contribution in [2.45, 2.75) is 31.1 Å². The molecule has 2 unspecified atom stereocenters. The van der Waals surface area contributed by atoms with Gasteiger partial charge in [0.1, 0.15) is 6.29 Å². The van der Waals surface area contributed by atoms with Crippen LogP contribution < -0.4 is 0 Å². The third kappa shape index (κ3) is 1.87. The summed E-state index contributed by atoms with van der Waals surface area (Å²) in [7, 11) is 0. The van der Waals surface area contributed by atoms with E-state index in [-0.39, 0.29) is 41.4 Å². The molecule has 7 rings (SSSR count). The molecule has 5 heteroatoms. The van der Waals surface area contributed by atoms with Crippen molar-refractivity contribution < 1.29 is 24.0 Å². The number of rotatable bonds is 1. The Labute approximate surface area is 189 Å². The van der Waals surface area contributed by atoms with Crippen LogP contribution in [0.2, 0.25) is 0 Å². The normalized spacial score (nSPS) is 32.5. The predicted molar refractivity (Wildman–Crippen MR) is 118 cm³/mol. The third-order valence-corrected chi connectivity index (χ3v) is 8.90. The molecule has 0 amide bonds. The molecule has 0 aromatic heterocycles. The highest BCUT2D eigenvalue weighted by molar-refractivity contribution is 6.23. The Morgan fingerprint density at radius 1 is 0.758 bits per heavy atom. The maximum Gasteiger partial charge on any atom is 0.186 e. The zero-order valence-corrected chi connectivity index (χ0v) is 17.6. The van der Waals surface area contributed by atoms with E-state index in [0.29, 0.717) is 40.7 Å². The molecular formula is C28H18O5. The SMILES string of the molecule is O=CC1=CCC23C(=O)c4ccccc4C(=O)C2(C1)[C@H]1C[C@@H]3c2cc3c(cc21)C(=O)C=CC3=O. The van der Waals surface area contributed by atoms with E-state index in [1.54, 1.807) is 36.4 Å². The highest BCUT2D eigenvalue weighted by Gasteiger charge is 2.77. The second kappa shape index (κ2) is 5.79. The van der Waals surface area contributed by atoms with Crippen molar-refractivity contribution in [1.29, 1.82) is 0 Å². The maximum absolute atomic E-state index is 14.2. The van der Waals surface area contributed by atoms with Crippen molar-refractivity contribution in [2.24, 2.45) is 10.8 Å². The van der Waals surface area contributed by atoms with Crippen LogP contribution in [0.5, 0.6) is 0 Å². The molecule has 4 atom stereocenters. The summed E-state index contributed by atoms with van der Waals surface area (Å²) in [5, 5.41) is 0. The number of Topliss-reactive ketones (excluding diaryl/α,β-unsaturated/α-hetero) is 2. The Morgan fingerprint density at radius 2 is 1.30 bits per heavy atom. The van der Waals surface area contributed by atoms with Gasteiger partial charge in [-0.25, -0.2) is 0 Å². The van der Waals surface area contributed by atoms with Crippen LogP contribution >= 0.6 is 0 Å². The van der Waals surface area contributed by atoms with E-state index in [4.69, 9.17) is 0 Å². The number of aldehydes is 1. The smallest absolute Gasteiger partial charge is 0.186 e. The van der Waals surface area contributed by atoms with Crippen LogP contribution in [0.15, 0.2) is 60.2 Å². The fourth-order valence-corrected chi connectivity index (χ4v) is 7.66. The van der Waals surface area contributed by atoms with E-state index in [0.717, 1.165) is 17.4 Å². The summed E-state index contributed by atoms with van der Waals surface area (Å²) < 4.78 is 0. The van der Waals surface area contributed by atoms with Gasteiger partial charge in [-0.1, -0.05) is 30.3 Å². The van der Waals surface area contributed by atoms with Gasteiger partial charge in [-0.15, -0.1) is 0 Å². The van der Waals surface area contributed by atoms with E-state index in [2.05, 4.69) is 0 Å². The van der Waals surface area contributed by atoms with Gasteiger partial charge in [-0.3, -0.25) is 24.0 Å². The monoisotopic (exact) mass is 434 g/mol. The van der Waals surface area contributed by atoms with Gasteiger partial charge in [-0.05, 0) is 72.1 Å². The van der Waals surface area contributed by atoms with Crippen molar-refractivity contribution in [3.8, 4) is 0 Å². The molecule has 1 saturated carbocycles. The van der Waals surface area contributed by atoms with Crippen molar-refractivity contribution in [2.75, 3.05) is 0 Å². The van der Waals surface area contributed by atoms with Gasteiger partial charge >= 0.3 is 0 Å². The largest absolute Gasteiger partial charge is 0.298 e. The number of carbonyl (C=O) groups excluding carboxylic acids is 5. The third-order valence-electron chi connectivity index (χ3n) is 8.90. The Kier molecular flexibility index (Phi) is 3.30. The van der Waals surface area contributed by atoms with Gasteiger partial charge in [-0.2, -0.15) is 0 Å². The molecule has 0 N–H and O–H groups in total. The molecule has 2 aromatic carbocycles. The minimum atomic E-state index is -1.05. The number of hydrogen-bond acceptors (Lipinski definition) is 5. The molecule has 0 aliphatic heterocycles. The number of carbonyl (C=O) groups is 5. The fraction of sp³-hybridized carbons (Fsp3) is 0.250. The molecule has 5 aliphatic rings. The van der Waals surface area contributed by atoms with Crippen LogP contribution in [0.4, 0.5) is 0 Å². The zero-order chi connectivity index (χ0) is 22.7. The molecule has 5 aliphatic carbocycles. The first-order valence-corrected chi connectivity index (χ1v) is 11.2. The second-order valence-corrected chi connectivity index (χ2v) is 9.85. The van der Waals surface area contributed by atoms with Gasteiger partial charge < -0.3 is 0 Å². The highest BCUT2D eigenvalue weighted by atomic mass is 16.2. The summed E-state index contributed by atoms with van der Waals surface area (Å²) in [5.74, 6) is -1.11. The first kappa shape index (κ1) is 18.8. The summed E-state index contributed by atoms with van der Waals surface area (Å²) >= 11 is 0. The molecule has 5 nitrogen and oxygen atoms in total. The van der Waals surface area contributed by atoms with Crippen LogP contribution in [0.3, 0.4) is 0 Å². The number of hydrogen-bond donors (Lipinski definition) is 0. The quantitative estimate of drug-likeness (QED) is 0.629. The number of fused-ring (bicyclic) bond motifs is 7. The van der Waals surface area contributed by atoms with Crippen molar-refractivity contribution in [1.82, 2.24) is 0 Å². The Bertz CT molecular complexity index is 1460. The minimum absolute atomic E-state index is 0.0444. The van der Waals surface area contributed by atoms with Crippen LogP contribution in [0, 0.1) is 10.8 Å². The van der Waals surface area contributed by atoms with Gasteiger partial charge in [0.15, 0.2) is 23.1 Å². The molecular weight excluding hydrogens is 416 g/mol. The average Bonchev–Trinajstić information content (AvgIpc) is 3.38. The topological polar surface area (TPSA) is 85.3 Å². The lowest BCUT2D eigenvalue weighted by Gasteiger charge is -2.56. The molecule has 1 fully saturated rings. The van der Waals surface area contributed by atoms with E-state index in [9.17, 15) is 24.0 Å². The van der Waals surface area contributed by atoms with E-state index < -0.39 is 10.8 Å². The van der Waals surface area contributed by atoms with Crippen molar-refractivity contribution >= 4 is 29.4 Å². The van der Waals surface area contributed by atoms with Gasteiger partial charge in [0.05, 0.1) is 10.8 Å². The summed E-state index contributed by atoms with van der Waals surface area (Å²) in [6.45, 7) is 0. The molecule has 0 saturated heterocycles. The van der Waals surface area contributed by atoms with E-state index >= 15 is 0 Å². The maximum atomic E-state index is 14.2. The summed E-state index contributed by atoms with van der Waals surface area (Å²) in [4.78, 5) is 65.4. The standard InChI is InChI=1S/C28H18O5/c29-13-14-7-8-27-21-11-22(18-10-20-19(9-17(18)21)23(30)5-6-24(20)31)28(27,12-14)26(33)16-4-2-1-3-15(16)25(27)32/h1-7,9-10,13,21-22H,8,11-12H2/t21-,22+,27?,28?/m1/s1. The summed E-state index contributed by atoms with van der Waals surface area (Å²) in [6.07, 6.45) is 6.33. The molecule has 2 aromatic rings. The lowest BCUT2D eigenvalue weighted by atomic mass is 9.43. The number of allylic oxidation sites excluding steroid dienone is 4. The Balaban J connectivity index is 1.55. The first-order valence-electron chi connectivity index (χ1n) is 11.2. The summed E-state index contributed by atoms with van der Waals surface area (Å²) in [5.41, 5.74) is 1.88. The van der Waals surface area contributed by atoms with Crippen LogP contribution in [-0.2, 0) is 4.79 Å². The second-order valence-electron chi connectivity index (χ2n) is 9.85. The lowest BCUT2D eigenvalue weighted by Crippen LogP contribution is -2.59. The molecule has 160 valence electrons. The number of ketones is 4. The summed E-state index contributed by atoms with van der Waals surface area (Å²) in [6, 6.07) is 10.5. The average molecular weight is 434 g/mol. The minimum Gasteiger partial charge on any atom is -0.298 e. The van der Waals surface area contributed by atoms with Crippen molar-refractivity contribution in [3.05, 3.63) is 93.6 Å². The van der Waals surface area contributed by atoms with Crippen LogP contribution in [0.25, 0.3) is 0 Å². The molecule has 0 heterocycles. The molecule has 33 heavy (non-hydrogen) atoms. The van der Waals surface area contributed by atoms with Gasteiger partial charge in [0.25, 0.3) is 0 Å². The van der Waals surface area contributed by atoms with Gasteiger partial charge in [0, 0.05) is 22.3 Å². The number of benzene rings is 2. The van der Waals surface area contributed by atoms with Gasteiger partial charge in [0.2, 0.25) is 0 Å². The predicted octanol–water partition coefficient (Wildman–Crippen LogP) is 4.18. The molecule has 0 spiro atoms. The Hall–Kier alpha value is -3.73. The molecule has 2 bridgehead atoms. The zero-order valence-electron chi connectivity index (χ0n) is 17.6.